The van der Waals surface area contributed by atoms with E-state index in [4.69, 9.17) is 17.3 Å². The van der Waals surface area contributed by atoms with Crippen molar-refractivity contribution in [3.05, 3.63) is 64.4 Å². The SMILES string of the molecule is CN(Cc1ccc(F)cc1)Cc1c(N)cccc1Cl. The maximum Gasteiger partial charge on any atom is 0.123 e. The van der Waals surface area contributed by atoms with Crippen molar-refractivity contribution in [2.75, 3.05) is 12.8 Å². The van der Waals surface area contributed by atoms with Crippen molar-refractivity contribution < 1.29 is 4.39 Å². The first-order chi connectivity index (χ1) is 9.06. The Morgan fingerprint density at radius 2 is 1.79 bits per heavy atom. The summed E-state index contributed by atoms with van der Waals surface area (Å²) in [6.07, 6.45) is 0. The molecule has 2 N–H and O–H groups in total. The first-order valence-electron chi connectivity index (χ1n) is 6.02. The highest BCUT2D eigenvalue weighted by Gasteiger charge is 2.08. The van der Waals surface area contributed by atoms with Crippen LogP contribution in [0.1, 0.15) is 11.1 Å². The molecule has 0 fully saturated rings. The van der Waals surface area contributed by atoms with E-state index in [0.29, 0.717) is 23.8 Å². The van der Waals surface area contributed by atoms with E-state index in [2.05, 4.69) is 4.90 Å². The van der Waals surface area contributed by atoms with E-state index in [1.165, 1.54) is 12.1 Å². The molecule has 100 valence electrons. The van der Waals surface area contributed by atoms with Gasteiger partial charge in [0.15, 0.2) is 0 Å². The molecule has 0 saturated heterocycles. The van der Waals surface area contributed by atoms with Crippen molar-refractivity contribution in [3.63, 3.8) is 0 Å². The summed E-state index contributed by atoms with van der Waals surface area (Å²) in [6, 6.07) is 12.0. The Bertz CT molecular complexity index is 534. The Balaban J connectivity index is 2.05. The third-order valence-corrected chi connectivity index (χ3v) is 3.30. The van der Waals surface area contributed by atoms with Crippen molar-refractivity contribution in [2.45, 2.75) is 13.1 Å². The Morgan fingerprint density at radius 1 is 1.11 bits per heavy atom. The van der Waals surface area contributed by atoms with Gasteiger partial charge in [0.25, 0.3) is 0 Å². The first kappa shape index (κ1) is 13.8. The van der Waals surface area contributed by atoms with Crippen molar-refractivity contribution in [3.8, 4) is 0 Å². The zero-order chi connectivity index (χ0) is 13.8. The van der Waals surface area contributed by atoms with Gasteiger partial charge in [-0.05, 0) is 36.9 Å². The lowest BCUT2D eigenvalue weighted by atomic mass is 10.1. The zero-order valence-corrected chi connectivity index (χ0v) is 11.5. The van der Waals surface area contributed by atoms with E-state index in [1.807, 2.05) is 25.2 Å². The lowest BCUT2D eigenvalue weighted by Crippen LogP contribution is -2.18. The summed E-state index contributed by atoms with van der Waals surface area (Å²) in [5.41, 5.74) is 8.59. The van der Waals surface area contributed by atoms with Crippen molar-refractivity contribution >= 4 is 17.3 Å². The number of halogens is 2. The van der Waals surface area contributed by atoms with Gasteiger partial charge in [-0.15, -0.1) is 0 Å². The van der Waals surface area contributed by atoms with Gasteiger partial charge >= 0.3 is 0 Å². The minimum Gasteiger partial charge on any atom is -0.398 e. The molecule has 0 spiro atoms. The van der Waals surface area contributed by atoms with Crippen molar-refractivity contribution in [1.82, 2.24) is 4.90 Å². The number of rotatable bonds is 4. The van der Waals surface area contributed by atoms with Gasteiger partial charge in [0.2, 0.25) is 0 Å². The summed E-state index contributed by atoms with van der Waals surface area (Å²) in [6.45, 7) is 1.37. The number of nitrogens with two attached hydrogens (primary N) is 1. The Morgan fingerprint density at radius 3 is 2.42 bits per heavy atom. The van der Waals surface area contributed by atoms with Crippen LogP contribution in [-0.4, -0.2) is 11.9 Å². The summed E-state index contributed by atoms with van der Waals surface area (Å²) in [7, 11) is 1.98. The Hall–Kier alpha value is -1.58. The highest BCUT2D eigenvalue weighted by molar-refractivity contribution is 6.31. The van der Waals surface area contributed by atoms with Gasteiger partial charge in [0.1, 0.15) is 5.82 Å². The molecule has 2 aromatic carbocycles. The van der Waals surface area contributed by atoms with Gasteiger partial charge in [-0.2, -0.15) is 0 Å². The second kappa shape index (κ2) is 6.04. The van der Waals surface area contributed by atoms with Gasteiger partial charge in [0, 0.05) is 29.4 Å². The molecule has 0 aliphatic carbocycles. The molecule has 2 nitrogen and oxygen atoms in total. The van der Waals surface area contributed by atoms with E-state index in [1.54, 1.807) is 12.1 Å². The van der Waals surface area contributed by atoms with Crippen molar-refractivity contribution in [1.29, 1.82) is 0 Å². The lowest BCUT2D eigenvalue weighted by molar-refractivity contribution is 0.319. The Kier molecular flexibility index (Phi) is 4.40. The predicted octanol–water partition coefficient (Wildman–Crippen LogP) is 3.69. The standard InChI is InChI=1S/C15H16ClFN2/c1-19(9-11-5-7-12(17)8-6-11)10-13-14(16)3-2-4-15(13)18/h2-8H,9-10,18H2,1H3. The van der Waals surface area contributed by atoms with Crippen LogP contribution in [0.25, 0.3) is 0 Å². The molecule has 19 heavy (non-hydrogen) atoms. The highest BCUT2D eigenvalue weighted by atomic mass is 35.5. The fourth-order valence-corrected chi connectivity index (χ4v) is 2.21. The fourth-order valence-electron chi connectivity index (χ4n) is 1.97. The number of benzene rings is 2. The summed E-state index contributed by atoms with van der Waals surface area (Å²) in [5.74, 6) is -0.221. The molecular formula is C15H16ClFN2. The van der Waals surface area contributed by atoms with E-state index in [-0.39, 0.29) is 5.82 Å². The summed E-state index contributed by atoms with van der Waals surface area (Å²) >= 11 is 6.14. The van der Waals surface area contributed by atoms with Crippen molar-refractivity contribution in [2.24, 2.45) is 0 Å². The maximum atomic E-state index is 12.8. The second-order valence-corrected chi connectivity index (χ2v) is 5.01. The van der Waals surface area contributed by atoms with Crippen LogP contribution in [0.3, 0.4) is 0 Å². The third-order valence-electron chi connectivity index (χ3n) is 2.95. The van der Waals surface area contributed by atoms with Crippen LogP contribution in [0.5, 0.6) is 0 Å². The smallest absolute Gasteiger partial charge is 0.123 e. The summed E-state index contributed by atoms with van der Waals surface area (Å²) in [5, 5.41) is 0.672. The molecule has 0 amide bonds. The van der Waals surface area contributed by atoms with E-state index >= 15 is 0 Å². The van der Waals surface area contributed by atoms with Gasteiger partial charge in [-0.1, -0.05) is 29.8 Å². The number of hydrogen-bond acceptors (Lipinski definition) is 2. The molecule has 2 aromatic rings. The minimum atomic E-state index is -0.221. The molecular weight excluding hydrogens is 263 g/mol. The largest absolute Gasteiger partial charge is 0.398 e. The number of nitrogen functional groups attached to an aromatic ring is 1. The van der Waals surface area contributed by atoms with Gasteiger partial charge in [0.05, 0.1) is 0 Å². The number of nitrogens with zero attached hydrogens (tertiary/aromatic N) is 1. The highest BCUT2D eigenvalue weighted by Crippen LogP contribution is 2.23. The summed E-state index contributed by atoms with van der Waals surface area (Å²) < 4.78 is 12.8. The van der Waals surface area contributed by atoms with Crippen LogP contribution in [0, 0.1) is 5.82 Å². The first-order valence-corrected chi connectivity index (χ1v) is 6.40. The van der Waals surface area contributed by atoms with E-state index in [0.717, 1.165) is 11.1 Å². The molecule has 0 aromatic heterocycles. The van der Waals surface area contributed by atoms with Crippen LogP contribution in [0.4, 0.5) is 10.1 Å². The van der Waals surface area contributed by atoms with Crippen LogP contribution in [-0.2, 0) is 13.1 Å². The topological polar surface area (TPSA) is 29.3 Å². The van der Waals surface area contributed by atoms with Gasteiger partial charge < -0.3 is 5.73 Å². The zero-order valence-electron chi connectivity index (χ0n) is 10.7. The fraction of sp³-hybridized carbons (Fsp3) is 0.200. The molecule has 0 unspecified atom stereocenters. The molecule has 0 radical (unpaired) electrons. The number of anilines is 1. The normalized spacial score (nSPS) is 10.9. The Labute approximate surface area is 117 Å². The minimum absolute atomic E-state index is 0.221. The molecule has 0 heterocycles. The third kappa shape index (κ3) is 3.69. The van der Waals surface area contributed by atoms with E-state index in [9.17, 15) is 4.39 Å². The average Bonchev–Trinajstić information content (AvgIpc) is 2.37. The summed E-state index contributed by atoms with van der Waals surface area (Å²) in [4.78, 5) is 2.09. The molecule has 2 rings (SSSR count). The average molecular weight is 279 g/mol. The van der Waals surface area contributed by atoms with Crippen LogP contribution < -0.4 is 5.73 Å². The molecule has 4 heteroatoms. The molecule has 0 saturated carbocycles. The molecule has 0 aliphatic heterocycles. The van der Waals surface area contributed by atoms with Crippen LogP contribution in [0.15, 0.2) is 42.5 Å². The maximum absolute atomic E-state index is 12.8. The quantitative estimate of drug-likeness (QED) is 0.864. The predicted molar refractivity (Wildman–Crippen MR) is 77.4 cm³/mol. The second-order valence-electron chi connectivity index (χ2n) is 4.61. The van der Waals surface area contributed by atoms with E-state index < -0.39 is 0 Å². The monoisotopic (exact) mass is 278 g/mol. The van der Waals surface area contributed by atoms with Gasteiger partial charge in [-0.3, -0.25) is 4.90 Å². The number of hydrogen-bond donors (Lipinski definition) is 1. The lowest BCUT2D eigenvalue weighted by Gasteiger charge is -2.18. The van der Waals surface area contributed by atoms with Crippen LogP contribution >= 0.6 is 11.6 Å². The molecule has 0 aliphatic rings. The molecule has 0 bridgehead atoms. The van der Waals surface area contributed by atoms with Crippen LogP contribution in [0.2, 0.25) is 5.02 Å². The molecule has 0 atom stereocenters. The van der Waals surface area contributed by atoms with Gasteiger partial charge in [-0.25, -0.2) is 4.39 Å².